The molecular weight excluding hydrogens is 324 g/mol. The van der Waals surface area contributed by atoms with E-state index in [2.05, 4.69) is 21.2 Å². The van der Waals surface area contributed by atoms with Crippen LogP contribution in [0.4, 0.5) is 5.69 Å². The molecule has 20 heavy (non-hydrogen) atoms. The largest absolute Gasteiger partial charge is 0.478 e. The fraction of sp³-hybridized carbons (Fsp3) is 0.429. The number of carboxylic acids is 1. The lowest BCUT2D eigenvalue weighted by molar-refractivity contribution is -0.124. The molecule has 1 fully saturated rings. The summed E-state index contributed by atoms with van der Waals surface area (Å²) in [6, 6.07) is 5.21. The molecule has 1 aromatic carbocycles. The van der Waals surface area contributed by atoms with Crippen LogP contribution in [-0.2, 0) is 4.79 Å². The van der Waals surface area contributed by atoms with Crippen LogP contribution in [0.2, 0.25) is 0 Å². The highest BCUT2D eigenvalue weighted by molar-refractivity contribution is 9.10. The molecule has 1 saturated heterocycles. The second kappa shape index (κ2) is 6.26. The van der Waals surface area contributed by atoms with Crippen LogP contribution in [0.5, 0.6) is 0 Å². The number of piperidine rings is 1. The molecule has 2 N–H and O–H groups in total. The Labute approximate surface area is 126 Å². The summed E-state index contributed by atoms with van der Waals surface area (Å²) in [5, 5.41) is 12.0. The molecule has 0 radical (unpaired) electrons. The first-order chi connectivity index (χ1) is 9.52. The lowest BCUT2D eigenvalue weighted by Crippen LogP contribution is -2.42. The molecule has 1 aromatic rings. The minimum atomic E-state index is -0.955. The Hall–Kier alpha value is -1.56. The van der Waals surface area contributed by atoms with Gasteiger partial charge >= 0.3 is 5.97 Å². The summed E-state index contributed by atoms with van der Waals surface area (Å²) in [7, 11) is 1.63. The Morgan fingerprint density at radius 2 is 2.20 bits per heavy atom. The number of carbonyl (C=O) groups excluding carboxylic acids is 1. The van der Waals surface area contributed by atoms with E-state index in [4.69, 9.17) is 0 Å². The third-order valence-electron chi connectivity index (χ3n) is 3.57. The lowest BCUT2D eigenvalue weighted by Gasteiger charge is -2.34. The van der Waals surface area contributed by atoms with Crippen LogP contribution in [0.15, 0.2) is 22.7 Å². The summed E-state index contributed by atoms with van der Waals surface area (Å²) >= 11 is 3.29. The van der Waals surface area contributed by atoms with Gasteiger partial charge in [-0.05, 0) is 31.0 Å². The van der Waals surface area contributed by atoms with Crippen LogP contribution in [0.1, 0.15) is 23.2 Å². The van der Waals surface area contributed by atoms with E-state index in [-0.39, 0.29) is 17.4 Å². The minimum Gasteiger partial charge on any atom is -0.478 e. The van der Waals surface area contributed by atoms with E-state index in [0.29, 0.717) is 12.2 Å². The zero-order chi connectivity index (χ0) is 14.7. The maximum atomic E-state index is 11.8. The van der Waals surface area contributed by atoms with E-state index in [1.54, 1.807) is 19.2 Å². The molecule has 5 nitrogen and oxygen atoms in total. The maximum Gasteiger partial charge on any atom is 0.337 e. The van der Waals surface area contributed by atoms with Crippen molar-refractivity contribution in [2.45, 2.75) is 12.8 Å². The zero-order valence-electron chi connectivity index (χ0n) is 11.2. The average molecular weight is 341 g/mol. The molecule has 0 aromatic heterocycles. The smallest absolute Gasteiger partial charge is 0.337 e. The van der Waals surface area contributed by atoms with Crippen molar-refractivity contribution in [1.29, 1.82) is 0 Å². The number of anilines is 1. The fourth-order valence-corrected chi connectivity index (χ4v) is 2.93. The van der Waals surface area contributed by atoms with E-state index in [0.717, 1.165) is 23.9 Å². The highest BCUT2D eigenvalue weighted by Crippen LogP contribution is 2.29. The number of carbonyl (C=O) groups is 2. The lowest BCUT2D eigenvalue weighted by atomic mass is 9.96. The van der Waals surface area contributed by atoms with Gasteiger partial charge in [0.2, 0.25) is 5.91 Å². The monoisotopic (exact) mass is 340 g/mol. The van der Waals surface area contributed by atoms with Crippen molar-refractivity contribution in [2.24, 2.45) is 5.92 Å². The predicted octanol–water partition coefficient (Wildman–Crippen LogP) is 2.11. The topological polar surface area (TPSA) is 69.6 Å². The van der Waals surface area contributed by atoms with Gasteiger partial charge in [0, 0.05) is 24.6 Å². The minimum absolute atomic E-state index is 0.0173. The van der Waals surface area contributed by atoms with Gasteiger partial charge in [-0.25, -0.2) is 4.79 Å². The Kier molecular flexibility index (Phi) is 4.65. The first kappa shape index (κ1) is 14.8. The number of aromatic carboxylic acids is 1. The van der Waals surface area contributed by atoms with E-state index >= 15 is 0 Å². The standard InChI is InChI=1S/C14H17BrN2O3/c1-16-13(18)9-3-2-6-17(8-9)12-5-4-10(15)7-11(12)14(19)20/h4-5,7,9H,2-3,6,8H2,1H3,(H,16,18)(H,19,20). The van der Waals surface area contributed by atoms with E-state index in [1.807, 2.05) is 11.0 Å². The number of amides is 1. The number of nitrogens with one attached hydrogen (secondary N) is 1. The van der Waals surface area contributed by atoms with E-state index < -0.39 is 5.97 Å². The highest BCUT2D eigenvalue weighted by atomic mass is 79.9. The molecule has 0 aliphatic carbocycles. The molecule has 1 aliphatic heterocycles. The zero-order valence-corrected chi connectivity index (χ0v) is 12.8. The number of rotatable bonds is 3. The summed E-state index contributed by atoms with van der Waals surface area (Å²) in [6.07, 6.45) is 1.72. The average Bonchev–Trinajstić information content (AvgIpc) is 2.46. The molecule has 0 spiro atoms. The SMILES string of the molecule is CNC(=O)C1CCCN(c2ccc(Br)cc2C(=O)O)C1. The highest BCUT2D eigenvalue weighted by Gasteiger charge is 2.27. The Bertz CT molecular complexity index is 533. The van der Waals surface area contributed by atoms with E-state index in [9.17, 15) is 14.7 Å². The Balaban J connectivity index is 2.27. The molecule has 2 rings (SSSR count). The molecule has 1 aliphatic rings. The summed E-state index contributed by atoms with van der Waals surface area (Å²) < 4.78 is 0.735. The van der Waals surface area contributed by atoms with Gasteiger partial charge in [0.05, 0.1) is 17.2 Å². The van der Waals surface area contributed by atoms with Crippen LogP contribution in [0, 0.1) is 5.92 Å². The molecule has 0 saturated carbocycles. The predicted molar refractivity (Wildman–Crippen MR) is 80.1 cm³/mol. The normalized spacial score (nSPS) is 18.7. The van der Waals surface area contributed by atoms with Crippen molar-refractivity contribution in [2.75, 3.05) is 25.0 Å². The van der Waals surface area contributed by atoms with E-state index in [1.165, 1.54) is 0 Å². The molecule has 1 unspecified atom stereocenters. The van der Waals surface area contributed by atoms with Crippen LogP contribution < -0.4 is 10.2 Å². The van der Waals surface area contributed by atoms with Gasteiger partial charge in [-0.2, -0.15) is 0 Å². The first-order valence-electron chi connectivity index (χ1n) is 6.52. The first-order valence-corrected chi connectivity index (χ1v) is 7.31. The molecule has 1 heterocycles. The molecule has 108 valence electrons. The number of halogens is 1. The van der Waals surface area contributed by atoms with Gasteiger partial charge in [-0.15, -0.1) is 0 Å². The van der Waals surface area contributed by atoms with Crippen molar-refractivity contribution in [3.63, 3.8) is 0 Å². The van der Waals surface area contributed by atoms with Crippen molar-refractivity contribution in [1.82, 2.24) is 5.32 Å². The maximum absolute atomic E-state index is 11.8. The van der Waals surface area contributed by atoms with Crippen LogP contribution in [0.3, 0.4) is 0 Å². The number of hydrogen-bond acceptors (Lipinski definition) is 3. The van der Waals surface area contributed by atoms with Gasteiger partial charge in [-0.3, -0.25) is 4.79 Å². The fourth-order valence-electron chi connectivity index (χ4n) is 2.57. The molecular formula is C14H17BrN2O3. The summed E-state index contributed by atoms with van der Waals surface area (Å²) in [5.74, 6) is -1.02. The Morgan fingerprint density at radius 3 is 2.85 bits per heavy atom. The molecule has 6 heteroatoms. The van der Waals surface area contributed by atoms with Gasteiger partial charge < -0.3 is 15.3 Å². The molecule has 1 atom stereocenters. The summed E-state index contributed by atoms with van der Waals surface area (Å²) in [5.41, 5.74) is 0.936. The Morgan fingerprint density at radius 1 is 1.45 bits per heavy atom. The third kappa shape index (κ3) is 3.12. The molecule has 0 bridgehead atoms. The van der Waals surface area contributed by atoms with Crippen molar-refractivity contribution in [3.05, 3.63) is 28.2 Å². The van der Waals surface area contributed by atoms with Gasteiger partial charge in [0.1, 0.15) is 0 Å². The van der Waals surface area contributed by atoms with Crippen LogP contribution in [0.25, 0.3) is 0 Å². The third-order valence-corrected chi connectivity index (χ3v) is 4.06. The second-order valence-corrected chi connectivity index (χ2v) is 5.78. The summed E-state index contributed by atoms with van der Waals surface area (Å²) in [4.78, 5) is 25.1. The van der Waals surface area contributed by atoms with Crippen molar-refractivity contribution in [3.8, 4) is 0 Å². The molecule has 1 amide bonds. The quantitative estimate of drug-likeness (QED) is 0.884. The van der Waals surface area contributed by atoms with Crippen molar-refractivity contribution < 1.29 is 14.7 Å². The van der Waals surface area contributed by atoms with Crippen molar-refractivity contribution >= 4 is 33.5 Å². The summed E-state index contributed by atoms with van der Waals surface area (Å²) in [6.45, 7) is 1.33. The second-order valence-electron chi connectivity index (χ2n) is 4.87. The van der Waals surface area contributed by atoms with Gasteiger partial charge in [-0.1, -0.05) is 15.9 Å². The van der Waals surface area contributed by atoms with Crippen LogP contribution in [-0.4, -0.2) is 37.1 Å². The van der Waals surface area contributed by atoms with Gasteiger partial charge in [0.25, 0.3) is 0 Å². The van der Waals surface area contributed by atoms with Gasteiger partial charge in [0.15, 0.2) is 0 Å². The number of hydrogen-bond donors (Lipinski definition) is 2. The number of nitrogens with zero attached hydrogens (tertiary/aromatic N) is 1. The number of benzene rings is 1. The van der Waals surface area contributed by atoms with Crippen LogP contribution >= 0.6 is 15.9 Å². The number of carboxylic acid groups (broad SMARTS) is 1.